The highest BCUT2D eigenvalue weighted by Crippen LogP contribution is 2.42. The van der Waals surface area contributed by atoms with Crippen LogP contribution in [0.15, 0.2) is 29.1 Å². The zero-order valence-electron chi connectivity index (χ0n) is 18.5. The van der Waals surface area contributed by atoms with E-state index in [0.717, 1.165) is 6.07 Å². The van der Waals surface area contributed by atoms with Gasteiger partial charge in [0.2, 0.25) is 0 Å². The quantitative estimate of drug-likeness (QED) is 0.133. The molecule has 1 unspecified atom stereocenters. The molecule has 16 heteroatoms. The average Bonchev–Trinajstić information content (AvgIpc) is 3.17. The molecular formula is C21H14F3N3O9S. The van der Waals surface area contributed by atoms with Gasteiger partial charge in [-0.15, -0.1) is 0 Å². The fourth-order valence-electron chi connectivity index (χ4n) is 4.42. The number of aliphatic hydroxyl groups is 1. The molecule has 1 atom stereocenters. The number of nitro groups is 1. The first-order valence-corrected chi connectivity index (χ1v) is 11.9. The predicted molar refractivity (Wildman–Crippen MR) is 117 cm³/mol. The number of nitro benzene ring substituents is 1. The van der Waals surface area contributed by atoms with Crippen LogP contribution in [0.3, 0.4) is 0 Å². The van der Waals surface area contributed by atoms with Crippen LogP contribution >= 0.6 is 0 Å². The minimum Gasteiger partial charge on any atom is -0.458 e. The lowest BCUT2D eigenvalue weighted by Crippen LogP contribution is -2.44. The molecule has 0 saturated carbocycles. The van der Waals surface area contributed by atoms with Crippen LogP contribution in [0.1, 0.15) is 30.0 Å². The lowest BCUT2D eigenvalue weighted by Gasteiger charge is -2.31. The molecule has 1 aromatic carbocycles. The van der Waals surface area contributed by atoms with Crippen LogP contribution in [0.4, 0.5) is 18.9 Å². The summed E-state index contributed by atoms with van der Waals surface area (Å²) in [5, 5.41) is 22.1. The van der Waals surface area contributed by atoms with E-state index in [0.29, 0.717) is 6.07 Å². The molecule has 0 radical (unpaired) electrons. The van der Waals surface area contributed by atoms with E-state index in [2.05, 4.69) is 9.17 Å². The number of aromatic nitrogens is 2. The van der Waals surface area contributed by atoms with Crippen molar-refractivity contribution in [2.45, 2.75) is 37.6 Å². The van der Waals surface area contributed by atoms with Crippen LogP contribution in [0.2, 0.25) is 0 Å². The van der Waals surface area contributed by atoms with Gasteiger partial charge in [-0.25, -0.2) is 9.78 Å². The summed E-state index contributed by atoms with van der Waals surface area (Å²) in [7, 11) is -6.14. The minimum atomic E-state index is -6.14. The van der Waals surface area contributed by atoms with Crippen molar-refractivity contribution in [1.82, 2.24) is 9.55 Å². The number of halogens is 3. The van der Waals surface area contributed by atoms with Crippen LogP contribution < -0.4 is 9.74 Å². The van der Waals surface area contributed by atoms with Crippen molar-refractivity contribution in [3.05, 3.63) is 61.4 Å². The van der Waals surface area contributed by atoms with E-state index in [-0.39, 0.29) is 46.4 Å². The SMILES string of the molecule is CCC1(O)C(=O)OCc2c1cc1n(c2=O)Cc2cc3c([N+](=O)[O-])ccc(OS(=O)(=O)C(F)(F)F)c3nc2-1. The Bertz CT molecular complexity index is 1720. The number of nitrogens with zero attached hydrogens (tertiary/aromatic N) is 3. The van der Waals surface area contributed by atoms with E-state index >= 15 is 0 Å². The van der Waals surface area contributed by atoms with Crippen LogP contribution in [0.25, 0.3) is 22.3 Å². The van der Waals surface area contributed by atoms with E-state index in [1.165, 1.54) is 23.6 Å². The molecule has 4 heterocycles. The molecule has 2 aromatic heterocycles. The summed E-state index contributed by atoms with van der Waals surface area (Å²) >= 11 is 0. The van der Waals surface area contributed by atoms with E-state index in [4.69, 9.17) is 4.74 Å². The van der Waals surface area contributed by atoms with Crippen molar-refractivity contribution in [2.24, 2.45) is 0 Å². The second-order valence-corrected chi connectivity index (χ2v) is 9.86. The number of carbonyl (C=O) groups is 1. The van der Waals surface area contributed by atoms with Crippen molar-refractivity contribution in [3.63, 3.8) is 0 Å². The number of fused-ring (bicyclic) bond motifs is 5. The third kappa shape index (κ3) is 3.46. The van der Waals surface area contributed by atoms with Crippen LogP contribution in [-0.2, 0) is 38.4 Å². The second-order valence-electron chi connectivity index (χ2n) is 8.32. The second kappa shape index (κ2) is 7.72. The van der Waals surface area contributed by atoms with E-state index in [9.17, 15) is 46.4 Å². The Morgan fingerprint density at radius 3 is 2.62 bits per heavy atom. The largest absolute Gasteiger partial charge is 0.534 e. The van der Waals surface area contributed by atoms with Crippen molar-refractivity contribution in [2.75, 3.05) is 0 Å². The number of ether oxygens (including phenoxy) is 1. The molecule has 3 aromatic rings. The zero-order chi connectivity index (χ0) is 27.1. The molecule has 0 amide bonds. The molecule has 1 N–H and O–H groups in total. The number of carbonyl (C=O) groups excluding carboxylic acids is 1. The number of rotatable bonds is 4. The fraction of sp³-hybridized carbons (Fsp3) is 0.286. The predicted octanol–water partition coefficient (Wildman–Crippen LogP) is 2.22. The van der Waals surface area contributed by atoms with E-state index in [1.807, 2.05) is 0 Å². The van der Waals surface area contributed by atoms with Crippen molar-refractivity contribution < 1.29 is 45.3 Å². The van der Waals surface area contributed by atoms with Gasteiger partial charge in [0.1, 0.15) is 12.1 Å². The highest BCUT2D eigenvalue weighted by Gasteiger charge is 2.49. The molecule has 0 bridgehead atoms. The van der Waals surface area contributed by atoms with Gasteiger partial charge in [0.25, 0.3) is 11.2 Å². The first-order valence-electron chi connectivity index (χ1n) is 10.5. The van der Waals surface area contributed by atoms with Gasteiger partial charge in [0, 0.05) is 17.2 Å². The molecule has 2 aliphatic heterocycles. The van der Waals surface area contributed by atoms with Crippen LogP contribution in [-0.4, -0.2) is 39.5 Å². The average molecular weight is 541 g/mol. The van der Waals surface area contributed by atoms with Gasteiger partial charge in [-0.3, -0.25) is 14.9 Å². The number of cyclic esters (lactones) is 1. The normalized spacial score (nSPS) is 18.7. The first-order chi connectivity index (χ1) is 17.2. The Morgan fingerprint density at radius 1 is 1.30 bits per heavy atom. The van der Waals surface area contributed by atoms with E-state index in [1.54, 1.807) is 0 Å². The summed E-state index contributed by atoms with van der Waals surface area (Å²) in [4.78, 5) is 40.4. The Hall–Kier alpha value is -4.05. The van der Waals surface area contributed by atoms with Crippen LogP contribution in [0.5, 0.6) is 5.75 Å². The molecule has 37 heavy (non-hydrogen) atoms. The van der Waals surface area contributed by atoms with Crippen molar-refractivity contribution in [3.8, 4) is 17.1 Å². The summed E-state index contributed by atoms with van der Waals surface area (Å²) in [6.07, 6.45) is -0.140. The third-order valence-corrected chi connectivity index (χ3v) is 7.26. The number of esters is 1. The Morgan fingerprint density at radius 2 is 2.00 bits per heavy atom. The molecule has 5 rings (SSSR count). The molecule has 0 fully saturated rings. The summed E-state index contributed by atoms with van der Waals surface area (Å²) in [5.41, 5.74) is -9.49. The van der Waals surface area contributed by atoms with Gasteiger partial charge in [-0.2, -0.15) is 21.6 Å². The van der Waals surface area contributed by atoms with Gasteiger partial charge in [0.15, 0.2) is 11.4 Å². The van der Waals surface area contributed by atoms with Gasteiger partial charge >= 0.3 is 21.6 Å². The van der Waals surface area contributed by atoms with E-state index < -0.39 is 61.2 Å². The van der Waals surface area contributed by atoms with Crippen LogP contribution in [0, 0.1) is 10.1 Å². The number of alkyl halides is 3. The monoisotopic (exact) mass is 541 g/mol. The fourth-order valence-corrected chi connectivity index (χ4v) is 4.88. The maximum absolute atomic E-state index is 13.2. The van der Waals surface area contributed by atoms with Crippen molar-refractivity contribution in [1.29, 1.82) is 0 Å². The number of hydrogen-bond donors (Lipinski definition) is 1. The molecule has 2 aliphatic rings. The molecular weight excluding hydrogens is 527 g/mol. The topological polar surface area (TPSA) is 168 Å². The summed E-state index contributed by atoms with van der Waals surface area (Å²) in [5.74, 6) is -1.90. The highest BCUT2D eigenvalue weighted by molar-refractivity contribution is 7.88. The maximum Gasteiger partial charge on any atom is 0.534 e. The molecule has 0 aliphatic carbocycles. The molecule has 0 saturated heterocycles. The zero-order valence-corrected chi connectivity index (χ0v) is 19.3. The Kier molecular flexibility index (Phi) is 5.14. The summed E-state index contributed by atoms with van der Waals surface area (Å²) in [6, 6.07) is 3.95. The molecule has 12 nitrogen and oxygen atoms in total. The smallest absolute Gasteiger partial charge is 0.458 e. The first kappa shape index (κ1) is 24.6. The third-order valence-electron chi connectivity index (χ3n) is 6.30. The standard InChI is InChI=1S/C21H14F3N3O9S/c1-2-20(30)12-6-14-16-9(7-26(14)18(28)11(12)8-35-19(20)29)5-10-13(27(31)32)3-4-15(17(10)25-16)36-37(33,34)21(22,23)24/h3-6,30H,2,7-8H2,1H3. The Labute approximate surface area is 204 Å². The van der Waals surface area contributed by atoms with Gasteiger partial charge < -0.3 is 18.6 Å². The molecule has 194 valence electrons. The number of non-ortho nitro benzene ring substituents is 1. The summed E-state index contributed by atoms with van der Waals surface area (Å²) < 4.78 is 72.5. The summed E-state index contributed by atoms with van der Waals surface area (Å²) in [6.45, 7) is 0.937. The molecule has 0 spiro atoms. The maximum atomic E-state index is 13.2. The minimum absolute atomic E-state index is 0.0105. The number of pyridine rings is 2. The lowest BCUT2D eigenvalue weighted by molar-refractivity contribution is -0.383. The lowest BCUT2D eigenvalue weighted by atomic mass is 9.86. The number of benzene rings is 1. The Balaban J connectivity index is 1.79. The van der Waals surface area contributed by atoms with Gasteiger partial charge in [-0.05, 0) is 24.6 Å². The van der Waals surface area contributed by atoms with Gasteiger partial charge in [-0.1, -0.05) is 6.92 Å². The number of hydrogen-bond acceptors (Lipinski definition) is 10. The van der Waals surface area contributed by atoms with Gasteiger partial charge in [0.05, 0.1) is 33.8 Å². The highest BCUT2D eigenvalue weighted by atomic mass is 32.2. The van der Waals surface area contributed by atoms with Crippen molar-refractivity contribution >= 4 is 32.7 Å².